The number of fused-ring (bicyclic) bond motifs is 4. The van der Waals surface area contributed by atoms with E-state index in [1.165, 1.54) is 22.4 Å². The quantitative estimate of drug-likeness (QED) is 0.643. The lowest BCUT2D eigenvalue weighted by Gasteiger charge is -2.54. The molecule has 2 N–H and O–H groups in total. The number of carbonyl (C=O) groups excluding carboxylic acids is 1. The average Bonchev–Trinajstić information content (AvgIpc) is 3.07. The summed E-state index contributed by atoms with van der Waals surface area (Å²) in [6.45, 7) is 2.24. The van der Waals surface area contributed by atoms with Crippen LogP contribution in [0.5, 0.6) is 0 Å². The van der Waals surface area contributed by atoms with E-state index in [1.807, 2.05) is 12.2 Å². The van der Waals surface area contributed by atoms with Gasteiger partial charge in [-0.25, -0.2) is 0 Å². The van der Waals surface area contributed by atoms with Crippen LogP contribution in [0.3, 0.4) is 0 Å². The highest BCUT2D eigenvalue weighted by Gasteiger charge is 2.61. The molecule has 4 aliphatic carbocycles. The third-order valence-electron chi connectivity index (χ3n) is 9.26. The average molecular weight is 448 g/mol. The topological polar surface area (TPSA) is 60.8 Å². The zero-order valence-corrected chi connectivity index (χ0v) is 20.2. The molecule has 4 heteroatoms. The highest BCUT2D eigenvalue weighted by molar-refractivity contribution is 5.93. The molecule has 4 nitrogen and oxygen atoms in total. The van der Waals surface area contributed by atoms with Gasteiger partial charge in [0.25, 0.3) is 0 Å². The highest BCUT2D eigenvalue weighted by atomic mass is 16.3. The van der Waals surface area contributed by atoms with Gasteiger partial charge in [0.05, 0.1) is 12.2 Å². The molecule has 2 saturated carbocycles. The number of rotatable bonds is 4. The number of allylic oxidation sites excluding steroid dienone is 4. The Morgan fingerprint density at radius 1 is 1.12 bits per heavy atom. The Morgan fingerprint density at radius 3 is 2.58 bits per heavy atom. The Labute approximate surface area is 197 Å². The van der Waals surface area contributed by atoms with Gasteiger partial charge >= 0.3 is 0 Å². The second-order valence-electron chi connectivity index (χ2n) is 11.0. The highest BCUT2D eigenvalue weighted by Crippen LogP contribution is 2.67. The molecule has 0 spiro atoms. The van der Waals surface area contributed by atoms with E-state index in [0.717, 1.165) is 38.5 Å². The summed E-state index contributed by atoms with van der Waals surface area (Å²) in [6.07, 6.45) is 11.7. The van der Waals surface area contributed by atoms with Crippen molar-refractivity contribution in [1.82, 2.24) is 0 Å². The maximum atomic E-state index is 12.2. The van der Waals surface area contributed by atoms with Crippen molar-refractivity contribution in [3.05, 3.63) is 64.8 Å². The molecular formula is C29H37NO3. The lowest BCUT2D eigenvalue weighted by atomic mass is 9.51. The van der Waals surface area contributed by atoms with Crippen LogP contribution in [0.1, 0.15) is 63.4 Å². The molecule has 0 bridgehead atoms. The maximum absolute atomic E-state index is 12.2. The van der Waals surface area contributed by atoms with E-state index in [0.29, 0.717) is 18.3 Å². The van der Waals surface area contributed by atoms with Crippen LogP contribution in [0.2, 0.25) is 0 Å². The summed E-state index contributed by atoms with van der Waals surface area (Å²) in [6, 6.07) is 8.91. The predicted octanol–water partition coefficient (Wildman–Crippen LogP) is 4.93. The Morgan fingerprint density at radius 2 is 1.88 bits per heavy atom. The third kappa shape index (κ3) is 3.54. The molecule has 5 rings (SSSR count). The van der Waals surface area contributed by atoms with Crippen molar-refractivity contribution in [2.45, 2.75) is 63.4 Å². The van der Waals surface area contributed by atoms with Gasteiger partial charge in [0, 0.05) is 37.5 Å². The first kappa shape index (κ1) is 22.6. The van der Waals surface area contributed by atoms with E-state index in [-0.39, 0.29) is 23.7 Å². The van der Waals surface area contributed by atoms with Crippen LogP contribution in [-0.4, -0.2) is 42.3 Å². The van der Waals surface area contributed by atoms with E-state index in [9.17, 15) is 15.0 Å². The molecule has 0 aromatic heterocycles. The molecule has 0 aliphatic heterocycles. The van der Waals surface area contributed by atoms with Gasteiger partial charge in [0.2, 0.25) is 0 Å². The molecule has 0 saturated heterocycles. The largest absolute Gasteiger partial charge is 0.392 e. The molecule has 176 valence electrons. The third-order valence-corrected chi connectivity index (χ3v) is 9.26. The van der Waals surface area contributed by atoms with E-state index in [1.54, 1.807) is 11.6 Å². The van der Waals surface area contributed by atoms with Crippen LogP contribution in [-0.2, 0) is 4.79 Å². The van der Waals surface area contributed by atoms with Crippen LogP contribution < -0.4 is 4.90 Å². The predicted molar refractivity (Wildman–Crippen MR) is 132 cm³/mol. The minimum Gasteiger partial charge on any atom is -0.392 e. The molecule has 4 aliphatic rings. The summed E-state index contributed by atoms with van der Waals surface area (Å²) in [5, 5.41) is 21.3. The van der Waals surface area contributed by atoms with Crippen molar-refractivity contribution in [2.75, 3.05) is 25.6 Å². The Balaban J connectivity index is 1.65. The van der Waals surface area contributed by atoms with Crippen LogP contribution >= 0.6 is 0 Å². The molecule has 0 amide bonds. The lowest BCUT2D eigenvalue weighted by molar-refractivity contribution is -0.114. The summed E-state index contributed by atoms with van der Waals surface area (Å²) in [4.78, 5) is 14.3. The summed E-state index contributed by atoms with van der Waals surface area (Å²) in [5.41, 5.74) is 5.62. The lowest BCUT2D eigenvalue weighted by Crippen LogP contribution is -2.50. The van der Waals surface area contributed by atoms with Crippen molar-refractivity contribution < 1.29 is 15.0 Å². The van der Waals surface area contributed by atoms with Gasteiger partial charge in [-0.15, -0.1) is 0 Å². The van der Waals surface area contributed by atoms with Crippen molar-refractivity contribution in [3.8, 4) is 0 Å². The second-order valence-corrected chi connectivity index (χ2v) is 11.0. The van der Waals surface area contributed by atoms with Gasteiger partial charge in [-0.1, -0.05) is 36.8 Å². The SMILES string of the molecule is CN(C)c1ccc(C2CC3(C)C(CCC3(O)/C=C/CO)C3CCC4=CC(=O)CCC4=C23)cc1. The van der Waals surface area contributed by atoms with Crippen molar-refractivity contribution >= 4 is 11.5 Å². The van der Waals surface area contributed by atoms with Crippen molar-refractivity contribution in [2.24, 2.45) is 17.3 Å². The summed E-state index contributed by atoms with van der Waals surface area (Å²) in [7, 11) is 4.12. The first-order valence-corrected chi connectivity index (χ1v) is 12.5. The van der Waals surface area contributed by atoms with Crippen molar-refractivity contribution in [1.29, 1.82) is 0 Å². The number of benzene rings is 1. The number of aliphatic hydroxyl groups excluding tert-OH is 1. The number of aliphatic hydroxyl groups is 2. The minimum atomic E-state index is -0.892. The number of nitrogens with zero attached hydrogens (tertiary/aromatic N) is 1. The summed E-state index contributed by atoms with van der Waals surface area (Å²) in [5.74, 6) is 1.38. The van der Waals surface area contributed by atoms with Crippen LogP contribution in [0.15, 0.2) is 59.2 Å². The molecule has 0 radical (unpaired) electrons. The van der Waals surface area contributed by atoms with Gasteiger partial charge in [0.1, 0.15) is 0 Å². The van der Waals surface area contributed by atoms with Gasteiger partial charge in [-0.2, -0.15) is 0 Å². The number of hydrogen-bond donors (Lipinski definition) is 2. The molecule has 5 atom stereocenters. The van der Waals surface area contributed by atoms with Crippen molar-refractivity contribution in [3.63, 3.8) is 0 Å². The van der Waals surface area contributed by atoms with E-state index in [2.05, 4.69) is 50.2 Å². The van der Waals surface area contributed by atoms with Gasteiger partial charge < -0.3 is 15.1 Å². The molecule has 0 heterocycles. The van der Waals surface area contributed by atoms with Crippen LogP contribution in [0.25, 0.3) is 0 Å². The molecule has 5 unspecified atom stereocenters. The van der Waals surface area contributed by atoms with Gasteiger partial charge in [-0.3, -0.25) is 4.79 Å². The molecule has 1 aromatic carbocycles. The molecule has 2 fully saturated rings. The number of anilines is 1. The first-order chi connectivity index (χ1) is 15.8. The maximum Gasteiger partial charge on any atom is 0.156 e. The molecule has 1 aromatic rings. The number of ketones is 1. The van der Waals surface area contributed by atoms with E-state index < -0.39 is 5.60 Å². The normalized spacial score (nSPS) is 35.8. The smallest absolute Gasteiger partial charge is 0.156 e. The zero-order chi connectivity index (χ0) is 23.4. The zero-order valence-electron chi connectivity index (χ0n) is 20.2. The molecular weight excluding hydrogens is 410 g/mol. The number of hydrogen-bond acceptors (Lipinski definition) is 4. The van der Waals surface area contributed by atoms with Gasteiger partial charge in [0.15, 0.2) is 5.78 Å². The van der Waals surface area contributed by atoms with E-state index >= 15 is 0 Å². The Kier molecular flexibility index (Phi) is 5.65. The first-order valence-electron chi connectivity index (χ1n) is 12.5. The Bertz CT molecular complexity index is 1030. The Hall–Kier alpha value is -2.17. The summed E-state index contributed by atoms with van der Waals surface area (Å²) < 4.78 is 0. The standard InChI is InChI=1S/C29H37NO3/c1-28-18-25(19-5-8-21(9-6-19)30(2)3)27-23-12-10-22(32)17-20(23)7-11-24(27)26(28)13-15-29(28,33)14-4-16-31/h4-6,8-9,14,17,24-26,31,33H,7,10-13,15-16,18H2,1-3H3/b14-4+. The minimum absolute atomic E-state index is 0.0423. The molecule has 33 heavy (non-hydrogen) atoms. The van der Waals surface area contributed by atoms with Crippen LogP contribution in [0.4, 0.5) is 5.69 Å². The fraction of sp³-hybridized carbons (Fsp3) is 0.552. The second kappa shape index (κ2) is 8.25. The fourth-order valence-corrected chi connectivity index (χ4v) is 7.52. The monoisotopic (exact) mass is 447 g/mol. The fourth-order valence-electron chi connectivity index (χ4n) is 7.52. The van der Waals surface area contributed by atoms with Crippen LogP contribution in [0, 0.1) is 17.3 Å². The number of carbonyl (C=O) groups is 1. The van der Waals surface area contributed by atoms with Gasteiger partial charge in [-0.05, 0) is 85.3 Å². The summed E-state index contributed by atoms with van der Waals surface area (Å²) >= 11 is 0. The van der Waals surface area contributed by atoms with E-state index in [4.69, 9.17) is 0 Å².